The third kappa shape index (κ3) is 4.04. The number of nitrogens with zero attached hydrogens (tertiary/aromatic N) is 4. The minimum Gasteiger partial charge on any atom is -0.478 e. The van der Waals surface area contributed by atoms with E-state index >= 15 is 0 Å². The van der Waals surface area contributed by atoms with Crippen LogP contribution >= 0.6 is 0 Å². The molecular formula is C17H21N5O5S. The number of nitrogens with one attached hydrogen (secondary N) is 1. The predicted molar refractivity (Wildman–Crippen MR) is 102 cm³/mol. The van der Waals surface area contributed by atoms with E-state index in [-0.39, 0.29) is 16.6 Å². The van der Waals surface area contributed by atoms with Gasteiger partial charge in [-0.15, -0.1) is 0 Å². The zero-order chi connectivity index (χ0) is 20.1. The Labute approximate surface area is 162 Å². The molecule has 0 radical (unpaired) electrons. The molecule has 0 saturated carbocycles. The first-order chi connectivity index (χ1) is 13.4. The molecule has 0 amide bonds. The first kappa shape index (κ1) is 20.0. The Hall–Kier alpha value is -2.79. The molecule has 0 atom stereocenters. The number of sulfonamides is 1. The van der Waals surface area contributed by atoms with E-state index in [9.17, 15) is 18.5 Å². The number of hydrogen-bond acceptors (Lipinski definition) is 8. The van der Waals surface area contributed by atoms with Crippen LogP contribution in [-0.4, -0.2) is 49.0 Å². The summed E-state index contributed by atoms with van der Waals surface area (Å²) in [6, 6.07) is 6.37. The van der Waals surface area contributed by atoms with Crippen LogP contribution in [0.4, 0.5) is 11.5 Å². The highest BCUT2D eigenvalue weighted by Crippen LogP contribution is 2.33. The van der Waals surface area contributed by atoms with Gasteiger partial charge in [0.05, 0.1) is 11.5 Å². The second kappa shape index (κ2) is 8.48. The van der Waals surface area contributed by atoms with Crippen LogP contribution in [0.5, 0.6) is 5.88 Å². The lowest BCUT2D eigenvalue weighted by Crippen LogP contribution is -2.46. The third-order valence-corrected chi connectivity index (χ3v) is 6.29. The number of para-hydroxylation sites is 1. The van der Waals surface area contributed by atoms with Crippen molar-refractivity contribution in [3.8, 4) is 5.88 Å². The third-order valence-electron chi connectivity index (χ3n) is 4.38. The average Bonchev–Trinajstić information content (AvgIpc) is 2.69. The molecule has 2 aromatic rings. The Bertz CT molecular complexity index is 946. The summed E-state index contributed by atoms with van der Waals surface area (Å²) in [4.78, 5) is 18.5. The zero-order valence-electron chi connectivity index (χ0n) is 15.3. The lowest BCUT2D eigenvalue weighted by molar-refractivity contribution is -0.387. The van der Waals surface area contributed by atoms with Crippen molar-refractivity contribution in [3.05, 3.63) is 46.8 Å². The maximum Gasteiger partial charge on any atom is 0.289 e. The molecule has 0 spiro atoms. The van der Waals surface area contributed by atoms with Crippen molar-refractivity contribution in [1.29, 1.82) is 0 Å². The van der Waals surface area contributed by atoms with E-state index in [1.807, 2.05) is 0 Å². The molecule has 1 aromatic carbocycles. The molecule has 1 N–H and O–H groups in total. The quantitative estimate of drug-likeness (QED) is 0.543. The molecule has 1 fully saturated rings. The molecule has 3 rings (SSSR count). The smallest absolute Gasteiger partial charge is 0.289 e. The summed E-state index contributed by atoms with van der Waals surface area (Å²) in [6.07, 6.45) is 2.32. The van der Waals surface area contributed by atoms with Crippen LogP contribution < -0.4 is 14.4 Å². The van der Waals surface area contributed by atoms with Gasteiger partial charge in [-0.05, 0) is 38.9 Å². The molecule has 2 heterocycles. The molecule has 0 aliphatic carbocycles. The predicted octanol–water partition coefficient (Wildman–Crippen LogP) is 1.73. The molecule has 1 aliphatic heterocycles. The minimum absolute atomic E-state index is 0.128. The number of rotatable bonds is 7. The van der Waals surface area contributed by atoms with Gasteiger partial charge in [0.2, 0.25) is 5.88 Å². The van der Waals surface area contributed by atoms with Crippen LogP contribution in [0.1, 0.15) is 19.8 Å². The maximum absolute atomic E-state index is 13.5. The van der Waals surface area contributed by atoms with E-state index in [4.69, 9.17) is 4.74 Å². The number of ether oxygens (including phenoxy) is 1. The topological polar surface area (TPSA) is 128 Å². The molecule has 1 aliphatic rings. The van der Waals surface area contributed by atoms with E-state index in [0.717, 1.165) is 0 Å². The van der Waals surface area contributed by atoms with E-state index < -0.39 is 26.7 Å². The van der Waals surface area contributed by atoms with E-state index in [1.54, 1.807) is 6.92 Å². The highest BCUT2D eigenvalue weighted by atomic mass is 32.2. The molecule has 1 saturated heterocycles. The summed E-state index contributed by atoms with van der Waals surface area (Å²) in [5.74, 6) is 0.368. The Morgan fingerprint density at radius 2 is 2.00 bits per heavy atom. The van der Waals surface area contributed by atoms with Crippen molar-refractivity contribution in [3.63, 3.8) is 0 Å². The number of nitro groups is 1. The molecule has 10 nitrogen and oxygen atoms in total. The number of benzene rings is 1. The number of piperidine rings is 1. The van der Waals surface area contributed by atoms with Crippen molar-refractivity contribution in [2.75, 3.05) is 24.0 Å². The van der Waals surface area contributed by atoms with Gasteiger partial charge in [-0.2, -0.15) is 0 Å². The summed E-state index contributed by atoms with van der Waals surface area (Å²) in [7, 11) is -4.24. The fourth-order valence-electron chi connectivity index (χ4n) is 3.16. The molecule has 1 aromatic heterocycles. The van der Waals surface area contributed by atoms with Gasteiger partial charge >= 0.3 is 0 Å². The molecule has 11 heteroatoms. The van der Waals surface area contributed by atoms with Gasteiger partial charge < -0.3 is 10.1 Å². The summed E-state index contributed by atoms with van der Waals surface area (Å²) < 4.78 is 33.6. The highest BCUT2D eigenvalue weighted by molar-refractivity contribution is 7.93. The molecule has 28 heavy (non-hydrogen) atoms. The van der Waals surface area contributed by atoms with Crippen LogP contribution in [-0.2, 0) is 10.0 Å². The SMILES string of the molecule is CCOc1cc(N(C2CCNCC2)S(=O)(=O)c2ccccc2[N+](=O)[O-])ncn1. The lowest BCUT2D eigenvalue weighted by atomic mass is 10.1. The molecule has 0 bridgehead atoms. The van der Waals surface area contributed by atoms with E-state index in [2.05, 4.69) is 15.3 Å². The van der Waals surface area contributed by atoms with Crippen LogP contribution in [0.25, 0.3) is 0 Å². The van der Waals surface area contributed by atoms with Crippen LogP contribution in [0, 0.1) is 10.1 Å². The minimum atomic E-state index is -4.24. The highest BCUT2D eigenvalue weighted by Gasteiger charge is 2.37. The van der Waals surface area contributed by atoms with Gasteiger partial charge in [0.1, 0.15) is 12.1 Å². The van der Waals surface area contributed by atoms with Gasteiger partial charge in [0, 0.05) is 18.2 Å². The zero-order valence-corrected chi connectivity index (χ0v) is 16.1. The van der Waals surface area contributed by atoms with E-state index in [0.29, 0.717) is 32.5 Å². The van der Waals surface area contributed by atoms with Crippen LogP contribution in [0.15, 0.2) is 41.6 Å². The fraction of sp³-hybridized carbons (Fsp3) is 0.412. The summed E-state index contributed by atoms with van der Waals surface area (Å²) in [5, 5.41) is 14.6. The Kier molecular flexibility index (Phi) is 6.05. The van der Waals surface area contributed by atoms with E-state index in [1.165, 1.54) is 41.0 Å². The molecular weight excluding hydrogens is 386 g/mol. The van der Waals surface area contributed by atoms with Gasteiger partial charge in [-0.1, -0.05) is 12.1 Å². The normalized spacial score (nSPS) is 15.2. The molecule has 150 valence electrons. The van der Waals surface area contributed by atoms with Crippen LogP contribution in [0.3, 0.4) is 0 Å². The van der Waals surface area contributed by atoms with Gasteiger partial charge in [0.15, 0.2) is 4.90 Å². The second-order valence-electron chi connectivity index (χ2n) is 6.15. The van der Waals surface area contributed by atoms with Crippen molar-refractivity contribution in [2.45, 2.75) is 30.7 Å². The summed E-state index contributed by atoms with van der Waals surface area (Å²) in [6.45, 7) is 3.42. The van der Waals surface area contributed by atoms with Gasteiger partial charge in [-0.3, -0.25) is 10.1 Å². The van der Waals surface area contributed by atoms with Crippen molar-refractivity contribution in [2.24, 2.45) is 0 Å². The average molecular weight is 407 g/mol. The number of nitro benzene ring substituents is 1. The largest absolute Gasteiger partial charge is 0.478 e. The monoisotopic (exact) mass is 407 g/mol. The van der Waals surface area contributed by atoms with Gasteiger partial charge in [-0.25, -0.2) is 22.7 Å². The summed E-state index contributed by atoms with van der Waals surface area (Å²) in [5.41, 5.74) is -0.472. The van der Waals surface area contributed by atoms with Crippen LogP contribution in [0.2, 0.25) is 0 Å². The Balaban J connectivity index is 2.14. The lowest BCUT2D eigenvalue weighted by Gasteiger charge is -2.34. The maximum atomic E-state index is 13.5. The standard InChI is InChI=1S/C17H21N5O5S/c1-2-27-17-11-16(19-12-20-17)21(13-7-9-18-10-8-13)28(25,26)15-6-4-3-5-14(15)22(23)24/h3-6,11-13,18H,2,7-10H2,1H3. The fourth-order valence-corrected chi connectivity index (χ4v) is 4.98. The molecule has 0 unspecified atom stereocenters. The number of anilines is 1. The van der Waals surface area contributed by atoms with Crippen molar-refractivity contribution in [1.82, 2.24) is 15.3 Å². The first-order valence-electron chi connectivity index (χ1n) is 8.88. The number of hydrogen-bond donors (Lipinski definition) is 1. The van der Waals surface area contributed by atoms with Crippen molar-refractivity contribution < 1.29 is 18.1 Å². The first-order valence-corrected chi connectivity index (χ1v) is 10.3. The summed E-state index contributed by atoms with van der Waals surface area (Å²) >= 11 is 0. The second-order valence-corrected chi connectivity index (χ2v) is 7.94. The Morgan fingerprint density at radius 1 is 1.29 bits per heavy atom. The van der Waals surface area contributed by atoms with Gasteiger partial charge in [0.25, 0.3) is 15.7 Å². The number of aromatic nitrogens is 2. The van der Waals surface area contributed by atoms with Crippen molar-refractivity contribution >= 4 is 21.5 Å². The Morgan fingerprint density at radius 3 is 2.68 bits per heavy atom.